The number of amides is 2. The Labute approximate surface area is 142 Å². The minimum Gasteiger partial charge on any atom is -0.351 e. The van der Waals surface area contributed by atoms with Gasteiger partial charge in [-0.2, -0.15) is 0 Å². The average molecular weight is 345 g/mol. The molecule has 0 saturated heterocycles. The van der Waals surface area contributed by atoms with Gasteiger partial charge in [-0.25, -0.2) is 0 Å². The van der Waals surface area contributed by atoms with Crippen molar-refractivity contribution in [2.75, 3.05) is 13.1 Å². The van der Waals surface area contributed by atoms with Gasteiger partial charge in [0.2, 0.25) is 5.91 Å². The lowest BCUT2D eigenvalue weighted by molar-refractivity contribution is -0.384. The summed E-state index contributed by atoms with van der Waals surface area (Å²) in [4.78, 5) is 34.1. The molecule has 0 aliphatic carbocycles. The van der Waals surface area contributed by atoms with Crippen molar-refractivity contribution in [3.05, 3.63) is 68.4 Å². The van der Waals surface area contributed by atoms with Crippen molar-refractivity contribution < 1.29 is 14.5 Å². The van der Waals surface area contributed by atoms with E-state index in [-0.39, 0.29) is 24.0 Å². The van der Waals surface area contributed by atoms with Crippen LogP contribution >= 0.6 is 11.3 Å². The van der Waals surface area contributed by atoms with Crippen molar-refractivity contribution in [1.82, 2.24) is 10.6 Å². The van der Waals surface area contributed by atoms with Crippen LogP contribution in [0.5, 0.6) is 0 Å². The minimum absolute atomic E-state index is 0.0335. The van der Waals surface area contributed by atoms with Gasteiger partial charge in [0.25, 0.3) is 11.6 Å². The number of benzene rings is 1. The molecule has 0 fully saturated rings. The predicted molar refractivity (Wildman–Crippen MR) is 91.8 cm³/mol. The summed E-state index contributed by atoms with van der Waals surface area (Å²) in [7, 11) is 0. The number of nitrogens with one attached hydrogen (secondary N) is 2. The van der Waals surface area contributed by atoms with Crippen LogP contribution in [0, 0.1) is 10.1 Å². The van der Waals surface area contributed by atoms with Gasteiger partial charge in [-0.3, -0.25) is 19.7 Å². The van der Waals surface area contributed by atoms with E-state index < -0.39 is 4.92 Å². The van der Waals surface area contributed by atoms with Crippen LogP contribution in [0.4, 0.5) is 5.69 Å². The Bertz CT molecular complexity index is 756. The molecule has 2 rings (SSSR count). The molecule has 0 unspecified atom stereocenters. The summed E-state index contributed by atoms with van der Waals surface area (Å²) in [5.74, 6) is -0.515. The smallest absolute Gasteiger partial charge is 0.270 e. The third kappa shape index (κ3) is 5.33. The van der Waals surface area contributed by atoms with Gasteiger partial charge in [-0.1, -0.05) is 18.2 Å². The lowest BCUT2D eigenvalue weighted by Gasteiger charge is -2.04. The van der Waals surface area contributed by atoms with Crippen molar-refractivity contribution >= 4 is 34.9 Å². The second-order valence-electron chi connectivity index (χ2n) is 4.71. The van der Waals surface area contributed by atoms with E-state index in [2.05, 4.69) is 10.6 Å². The van der Waals surface area contributed by atoms with E-state index >= 15 is 0 Å². The third-order valence-corrected chi connectivity index (χ3v) is 3.83. The van der Waals surface area contributed by atoms with E-state index in [0.717, 1.165) is 0 Å². The van der Waals surface area contributed by atoms with Gasteiger partial charge in [0, 0.05) is 31.3 Å². The molecule has 2 N–H and O–H groups in total. The highest BCUT2D eigenvalue weighted by Crippen LogP contribution is 2.13. The number of nitrogens with zero attached hydrogens (tertiary/aromatic N) is 1. The number of non-ortho nitro benzene ring substituents is 1. The van der Waals surface area contributed by atoms with Crippen LogP contribution in [-0.4, -0.2) is 29.8 Å². The summed E-state index contributed by atoms with van der Waals surface area (Å²) in [6.07, 6.45) is 2.78. The fraction of sp³-hybridized carbons (Fsp3) is 0.125. The number of thiophene rings is 1. The molecule has 1 aromatic carbocycles. The van der Waals surface area contributed by atoms with Crippen LogP contribution in [0.15, 0.2) is 47.9 Å². The Morgan fingerprint density at radius 2 is 1.96 bits per heavy atom. The summed E-state index contributed by atoms with van der Waals surface area (Å²) < 4.78 is 0. The summed E-state index contributed by atoms with van der Waals surface area (Å²) in [6.45, 7) is 0.600. The third-order valence-electron chi connectivity index (χ3n) is 2.96. The number of rotatable bonds is 7. The molecular weight excluding hydrogens is 330 g/mol. The van der Waals surface area contributed by atoms with Gasteiger partial charge in [0.15, 0.2) is 0 Å². The highest BCUT2D eigenvalue weighted by molar-refractivity contribution is 7.12. The number of hydrogen-bond acceptors (Lipinski definition) is 5. The molecule has 0 bridgehead atoms. The van der Waals surface area contributed by atoms with Crippen LogP contribution in [0.2, 0.25) is 0 Å². The highest BCUT2D eigenvalue weighted by atomic mass is 32.1. The van der Waals surface area contributed by atoms with E-state index in [0.29, 0.717) is 17.0 Å². The van der Waals surface area contributed by atoms with Gasteiger partial charge in [0.1, 0.15) is 0 Å². The Balaban J connectivity index is 1.74. The average Bonchev–Trinajstić information content (AvgIpc) is 3.11. The largest absolute Gasteiger partial charge is 0.351 e. The summed E-state index contributed by atoms with van der Waals surface area (Å²) in [6, 6.07) is 9.49. The SMILES string of the molecule is O=C(/C=C/c1cccc([N+](=O)[O-])c1)NCCNC(=O)c1cccs1. The molecule has 2 amide bonds. The van der Waals surface area contributed by atoms with Gasteiger partial charge in [-0.15, -0.1) is 11.3 Å². The molecule has 1 aromatic heterocycles. The lowest BCUT2D eigenvalue weighted by atomic mass is 10.2. The van der Waals surface area contributed by atoms with Crippen LogP contribution in [-0.2, 0) is 4.79 Å². The van der Waals surface area contributed by atoms with E-state index in [1.54, 1.807) is 24.3 Å². The topological polar surface area (TPSA) is 101 Å². The van der Waals surface area contributed by atoms with Crippen LogP contribution < -0.4 is 10.6 Å². The van der Waals surface area contributed by atoms with Gasteiger partial charge >= 0.3 is 0 Å². The van der Waals surface area contributed by atoms with Crippen molar-refractivity contribution in [2.24, 2.45) is 0 Å². The molecule has 0 radical (unpaired) electrons. The predicted octanol–water partition coefficient (Wildman–Crippen LogP) is 2.22. The van der Waals surface area contributed by atoms with E-state index in [1.807, 2.05) is 5.38 Å². The zero-order chi connectivity index (χ0) is 17.4. The second-order valence-corrected chi connectivity index (χ2v) is 5.66. The fourth-order valence-corrected chi connectivity index (χ4v) is 2.47. The van der Waals surface area contributed by atoms with E-state index in [9.17, 15) is 19.7 Å². The maximum absolute atomic E-state index is 11.7. The summed E-state index contributed by atoms with van der Waals surface area (Å²) in [5, 5.41) is 17.8. The first kappa shape index (κ1) is 17.4. The highest BCUT2D eigenvalue weighted by Gasteiger charge is 2.05. The first-order valence-corrected chi connectivity index (χ1v) is 7.96. The molecule has 1 heterocycles. The molecule has 0 spiro atoms. The fourth-order valence-electron chi connectivity index (χ4n) is 1.83. The summed E-state index contributed by atoms with van der Waals surface area (Å²) >= 11 is 1.35. The number of hydrogen-bond donors (Lipinski definition) is 2. The van der Waals surface area contributed by atoms with Crippen molar-refractivity contribution in [3.8, 4) is 0 Å². The molecule has 7 nitrogen and oxygen atoms in total. The van der Waals surface area contributed by atoms with E-state index in [1.165, 1.54) is 35.6 Å². The Kier molecular flexibility index (Phi) is 6.21. The quantitative estimate of drug-likeness (QED) is 0.348. The molecule has 2 aromatic rings. The first-order chi connectivity index (χ1) is 11.6. The molecule has 0 atom stereocenters. The van der Waals surface area contributed by atoms with Crippen molar-refractivity contribution in [2.45, 2.75) is 0 Å². The number of nitro groups is 1. The second kappa shape index (κ2) is 8.59. The monoisotopic (exact) mass is 345 g/mol. The molecule has 0 aliphatic heterocycles. The number of carbonyl (C=O) groups is 2. The number of nitro benzene ring substituents is 1. The normalized spacial score (nSPS) is 10.5. The van der Waals surface area contributed by atoms with Gasteiger partial charge < -0.3 is 10.6 Å². The first-order valence-electron chi connectivity index (χ1n) is 7.08. The standard InChI is InChI=1S/C16H15N3O4S/c20-15(7-6-12-3-1-4-13(11-12)19(22)23)17-8-9-18-16(21)14-5-2-10-24-14/h1-7,10-11H,8-9H2,(H,17,20)(H,18,21)/b7-6+. The lowest BCUT2D eigenvalue weighted by Crippen LogP contribution is -2.33. The Hall–Kier alpha value is -3.00. The zero-order valence-corrected chi connectivity index (χ0v) is 13.4. The molecule has 124 valence electrons. The molecular formula is C16H15N3O4S. The van der Waals surface area contributed by atoms with Crippen LogP contribution in [0.25, 0.3) is 6.08 Å². The number of carbonyl (C=O) groups excluding carboxylic acids is 2. The van der Waals surface area contributed by atoms with Crippen molar-refractivity contribution in [3.63, 3.8) is 0 Å². The summed E-state index contributed by atoms with van der Waals surface area (Å²) in [5.41, 5.74) is 0.527. The molecule has 8 heteroatoms. The van der Waals surface area contributed by atoms with Crippen molar-refractivity contribution in [1.29, 1.82) is 0 Å². The Morgan fingerprint density at radius 1 is 1.17 bits per heavy atom. The zero-order valence-electron chi connectivity index (χ0n) is 12.6. The van der Waals surface area contributed by atoms with E-state index in [4.69, 9.17) is 0 Å². The van der Waals surface area contributed by atoms with Crippen LogP contribution in [0.3, 0.4) is 0 Å². The molecule has 0 aliphatic rings. The molecule has 24 heavy (non-hydrogen) atoms. The maximum atomic E-state index is 11.7. The maximum Gasteiger partial charge on any atom is 0.270 e. The minimum atomic E-state index is -0.492. The van der Waals surface area contributed by atoms with Crippen LogP contribution in [0.1, 0.15) is 15.2 Å². The van der Waals surface area contributed by atoms with Gasteiger partial charge in [0.05, 0.1) is 9.80 Å². The Morgan fingerprint density at radius 3 is 2.67 bits per heavy atom. The molecule has 0 saturated carbocycles. The van der Waals surface area contributed by atoms with Gasteiger partial charge in [-0.05, 0) is 23.1 Å².